The van der Waals surface area contributed by atoms with Gasteiger partial charge in [0.15, 0.2) is 0 Å². The molecule has 1 aromatic heterocycles. The number of aromatic nitrogens is 2. The molecule has 0 aromatic carbocycles. The number of aryl methyl sites for hydroxylation is 2. The van der Waals surface area contributed by atoms with Crippen LogP contribution in [0.25, 0.3) is 0 Å². The summed E-state index contributed by atoms with van der Waals surface area (Å²) < 4.78 is 1.79. The van der Waals surface area contributed by atoms with Crippen molar-refractivity contribution in [3.8, 4) is 0 Å². The summed E-state index contributed by atoms with van der Waals surface area (Å²) in [4.78, 5) is 12.4. The van der Waals surface area contributed by atoms with Crippen molar-refractivity contribution < 1.29 is 4.79 Å². The van der Waals surface area contributed by atoms with E-state index < -0.39 is 0 Å². The second kappa shape index (κ2) is 5.79. The van der Waals surface area contributed by atoms with E-state index in [9.17, 15) is 4.79 Å². The summed E-state index contributed by atoms with van der Waals surface area (Å²) in [5.74, 6) is 1.22. The first-order valence-electron chi connectivity index (χ1n) is 8.09. The highest BCUT2D eigenvalue weighted by molar-refractivity contribution is 5.76. The second-order valence-corrected chi connectivity index (χ2v) is 6.86. The van der Waals surface area contributed by atoms with Gasteiger partial charge in [-0.25, -0.2) is 0 Å². The molecule has 2 atom stereocenters. The van der Waals surface area contributed by atoms with Crippen LogP contribution in [0.15, 0.2) is 6.07 Å². The van der Waals surface area contributed by atoms with Gasteiger partial charge in [-0.3, -0.25) is 9.48 Å². The molecule has 0 aliphatic heterocycles. The van der Waals surface area contributed by atoms with E-state index in [-0.39, 0.29) is 5.91 Å². The third kappa shape index (κ3) is 3.12. The lowest BCUT2D eigenvalue weighted by Crippen LogP contribution is -2.54. The third-order valence-electron chi connectivity index (χ3n) is 5.10. The van der Waals surface area contributed by atoms with Crippen molar-refractivity contribution in [1.82, 2.24) is 15.1 Å². The highest BCUT2D eigenvalue weighted by Gasteiger charge is 2.39. The van der Waals surface area contributed by atoms with Crippen LogP contribution >= 0.6 is 0 Å². The summed E-state index contributed by atoms with van der Waals surface area (Å²) in [5.41, 5.74) is 8.13. The molecule has 2 aliphatic rings. The molecule has 1 heterocycles. The lowest BCUT2D eigenvalue weighted by Gasteiger charge is -2.45. The average Bonchev–Trinajstić information content (AvgIpc) is 2.69. The summed E-state index contributed by atoms with van der Waals surface area (Å²) in [6.07, 6.45) is 5.80. The zero-order valence-corrected chi connectivity index (χ0v) is 13.0. The van der Waals surface area contributed by atoms with Crippen molar-refractivity contribution in [2.75, 3.05) is 0 Å². The van der Waals surface area contributed by atoms with E-state index in [0.717, 1.165) is 24.2 Å². The molecule has 1 amide bonds. The fourth-order valence-corrected chi connectivity index (χ4v) is 4.23. The van der Waals surface area contributed by atoms with Gasteiger partial charge in [0.25, 0.3) is 0 Å². The van der Waals surface area contributed by atoms with Gasteiger partial charge in [-0.2, -0.15) is 5.10 Å². The summed E-state index contributed by atoms with van der Waals surface area (Å²) >= 11 is 0. The van der Waals surface area contributed by atoms with E-state index in [1.807, 2.05) is 19.9 Å². The smallest absolute Gasteiger partial charge is 0.241 e. The van der Waals surface area contributed by atoms with Gasteiger partial charge in [-0.05, 0) is 57.4 Å². The van der Waals surface area contributed by atoms with Crippen molar-refractivity contribution >= 4 is 5.91 Å². The van der Waals surface area contributed by atoms with Crippen LogP contribution in [-0.4, -0.2) is 27.8 Å². The fraction of sp³-hybridized carbons (Fsp3) is 0.750. The number of carbonyl (C=O) groups is 1. The van der Waals surface area contributed by atoms with Crippen LogP contribution in [0.1, 0.15) is 43.5 Å². The van der Waals surface area contributed by atoms with Gasteiger partial charge in [0, 0.05) is 17.8 Å². The van der Waals surface area contributed by atoms with Gasteiger partial charge < -0.3 is 11.1 Å². The number of nitrogens with one attached hydrogen (secondary N) is 1. The van der Waals surface area contributed by atoms with Crippen molar-refractivity contribution in [3.05, 3.63) is 17.5 Å². The number of rotatable bonds is 3. The molecule has 2 saturated carbocycles. The largest absolute Gasteiger partial charge is 0.351 e. The van der Waals surface area contributed by atoms with Crippen LogP contribution < -0.4 is 11.1 Å². The highest BCUT2D eigenvalue weighted by Crippen LogP contribution is 2.39. The van der Waals surface area contributed by atoms with Gasteiger partial charge in [-0.15, -0.1) is 0 Å². The molecule has 3 rings (SSSR count). The first kappa shape index (κ1) is 14.6. The Labute approximate surface area is 126 Å². The monoisotopic (exact) mass is 290 g/mol. The van der Waals surface area contributed by atoms with E-state index >= 15 is 0 Å². The van der Waals surface area contributed by atoms with Crippen molar-refractivity contribution in [2.24, 2.45) is 17.6 Å². The summed E-state index contributed by atoms with van der Waals surface area (Å²) in [6, 6.07) is 2.65. The third-order valence-corrected chi connectivity index (χ3v) is 5.10. The maximum Gasteiger partial charge on any atom is 0.241 e. The number of carbonyl (C=O) groups excluding carboxylic acids is 1. The molecule has 2 unspecified atom stereocenters. The Kier molecular flexibility index (Phi) is 4.02. The Morgan fingerprint density at radius 2 is 2.05 bits per heavy atom. The topological polar surface area (TPSA) is 72.9 Å². The number of fused-ring (bicyclic) bond motifs is 2. The van der Waals surface area contributed by atoms with Crippen LogP contribution in [0.2, 0.25) is 0 Å². The second-order valence-electron chi connectivity index (χ2n) is 6.86. The zero-order valence-electron chi connectivity index (χ0n) is 13.0. The number of hydrogen-bond acceptors (Lipinski definition) is 3. The van der Waals surface area contributed by atoms with Gasteiger partial charge in [-0.1, -0.05) is 6.42 Å². The molecule has 2 bridgehead atoms. The molecule has 0 spiro atoms. The van der Waals surface area contributed by atoms with E-state index in [1.54, 1.807) is 4.68 Å². The fourth-order valence-electron chi connectivity index (χ4n) is 4.23. The van der Waals surface area contributed by atoms with Gasteiger partial charge in [0.05, 0.1) is 5.69 Å². The standard InChI is InChI=1S/C16H26N4O/c1-10-6-11(2)20(19-10)9-15(21)18-16-12-4-3-5-13(16)8-14(17)7-12/h6,12-14,16H,3-5,7-9,17H2,1-2H3,(H,18,21). The minimum absolute atomic E-state index is 0.0820. The number of amides is 1. The van der Waals surface area contributed by atoms with Crippen molar-refractivity contribution in [2.45, 2.75) is 64.6 Å². The maximum atomic E-state index is 12.4. The molecule has 2 fully saturated rings. The molecule has 5 nitrogen and oxygen atoms in total. The molecule has 2 aliphatic carbocycles. The SMILES string of the molecule is Cc1cc(C)n(CC(=O)NC2C3CCCC2CC(N)C3)n1. The molecule has 3 N–H and O–H groups in total. The van der Waals surface area contributed by atoms with Crippen LogP contribution in [0.4, 0.5) is 0 Å². The Hall–Kier alpha value is -1.36. The first-order chi connectivity index (χ1) is 10.0. The quantitative estimate of drug-likeness (QED) is 0.886. The van der Waals surface area contributed by atoms with Gasteiger partial charge in [0.1, 0.15) is 6.54 Å². The van der Waals surface area contributed by atoms with Crippen molar-refractivity contribution in [1.29, 1.82) is 0 Å². The molecule has 1 aromatic rings. The molecule has 21 heavy (non-hydrogen) atoms. The first-order valence-corrected chi connectivity index (χ1v) is 8.09. The lowest BCUT2D eigenvalue weighted by molar-refractivity contribution is -0.124. The Morgan fingerprint density at radius 1 is 1.38 bits per heavy atom. The Balaban J connectivity index is 1.63. The Morgan fingerprint density at radius 3 is 2.62 bits per heavy atom. The van der Waals surface area contributed by atoms with Crippen LogP contribution in [0.5, 0.6) is 0 Å². The minimum Gasteiger partial charge on any atom is -0.351 e. The predicted octanol–water partition coefficient (Wildman–Crippen LogP) is 1.52. The summed E-state index contributed by atoms with van der Waals surface area (Å²) in [6.45, 7) is 4.26. The van der Waals surface area contributed by atoms with Crippen LogP contribution in [-0.2, 0) is 11.3 Å². The lowest BCUT2D eigenvalue weighted by atomic mass is 9.67. The summed E-state index contributed by atoms with van der Waals surface area (Å²) in [7, 11) is 0. The minimum atomic E-state index is 0.0820. The predicted molar refractivity (Wildman–Crippen MR) is 81.7 cm³/mol. The molecule has 0 saturated heterocycles. The molecular formula is C16H26N4O. The van der Waals surface area contributed by atoms with Crippen LogP contribution in [0, 0.1) is 25.7 Å². The number of nitrogens with two attached hydrogens (primary N) is 1. The van der Waals surface area contributed by atoms with Gasteiger partial charge in [0.2, 0.25) is 5.91 Å². The van der Waals surface area contributed by atoms with E-state index in [0.29, 0.717) is 30.5 Å². The number of hydrogen-bond donors (Lipinski definition) is 2. The number of nitrogens with zero attached hydrogens (tertiary/aromatic N) is 2. The summed E-state index contributed by atoms with van der Waals surface area (Å²) in [5, 5.41) is 7.63. The average molecular weight is 290 g/mol. The molecule has 0 radical (unpaired) electrons. The normalized spacial score (nSPS) is 32.0. The Bertz CT molecular complexity index is 510. The molecular weight excluding hydrogens is 264 g/mol. The maximum absolute atomic E-state index is 12.4. The molecule has 116 valence electrons. The van der Waals surface area contributed by atoms with E-state index in [1.165, 1.54) is 19.3 Å². The van der Waals surface area contributed by atoms with E-state index in [4.69, 9.17) is 5.73 Å². The van der Waals surface area contributed by atoms with E-state index in [2.05, 4.69) is 10.4 Å². The highest BCUT2D eigenvalue weighted by atomic mass is 16.2. The zero-order chi connectivity index (χ0) is 15.0. The van der Waals surface area contributed by atoms with Gasteiger partial charge >= 0.3 is 0 Å². The van der Waals surface area contributed by atoms with Crippen LogP contribution in [0.3, 0.4) is 0 Å². The van der Waals surface area contributed by atoms with Crippen molar-refractivity contribution in [3.63, 3.8) is 0 Å². The molecule has 5 heteroatoms.